The molecule has 0 spiro atoms. The molecule has 0 saturated carbocycles. The summed E-state index contributed by atoms with van der Waals surface area (Å²) < 4.78 is 2.23. The van der Waals surface area contributed by atoms with Gasteiger partial charge in [-0.1, -0.05) is 54.1 Å². The summed E-state index contributed by atoms with van der Waals surface area (Å²) in [5.41, 5.74) is 4.16. The van der Waals surface area contributed by atoms with Crippen molar-refractivity contribution in [3.8, 4) is 0 Å². The van der Waals surface area contributed by atoms with E-state index in [0.29, 0.717) is 0 Å². The van der Waals surface area contributed by atoms with Crippen LogP contribution in [0.3, 0.4) is 0 Å². The van der Waals surface area contributed by atoms with Gasteiger partial charge in [-0.15, -0.1) is 0 Å². The number of pyridine rings is 1. The number of benzene rings is 4. The van der Waals surface area contributed by atoms with Gasteiger partial charge >= 0.3 is 0 Å². The fourth-order valence-corrected chi connectivity index (χ4v) is 4.18. The smallest absolute Gasteiger partial charge is 0.146 e. The predicted octanol–water partition coefficient (Wildman–Crippen LogP) is 6.60. The number of para-hydroxylation sites is 2. The van der Waals surface area contributed by atoms with Gasteiger partial charge in [-0.25, -0.2) is 4.98 Å². The zero-order valence-electron chi connectivity index (χ0n) is 13.8. The standard InChI is InChI=1S/C23H13ClN2/c24-16-9-10-17-18-11-14-5-1-2-6-15(14)12-19(18)23-25-20-7-3-4-8-21(20)26(23)22(17)13-16/h1-13H. The SMILES string of the molecule is Clc1ccc2c3cc4ccccc4cc3c3nc4ccccc4n3c2c1. The zero-order valence-corrected chi connectivity index (χ0v) is 14.5. The first-order valence-corrected chi connectivity index (χ1v) is 8.98. The molecule has 26 heavy (non-hydrogen) atoms. The molecule has 0 aliphatic rings. The van der Waals surface area contributed by atoms with Crippen molar-refractivity contribution in [2.24, 2.45) is 0 Å². The molecular weight excluding hydrogens is 340 g/mol. The second-order valence-corrected chi connectivity index (χ2v) is 7.10. The van der Waals surface area contributed by atoms with Crippen LogP contribution in [0.1, 0.15) is 0 Å². The maximum atomic E-state index is 6.35. The summed E-state index contributed by atoms with van der Waals surface area (Å²) in [6, 6.07) is 27.3. The van der Waals surface area contributed by atoms with E-state index in [2.05, 4.69) is 65.1 Å². The molecule has 0 unspecified atom stereocenters. The number of rotatable bonds is 0. The van der Waals surface area contributed by atoms with Crippen LogP contribution in [0.2, 0.25) is 5.02 Å². The minimum absolute atomic E-state index is 0.733. The van der Waals surface area contributed by atoms with Crippen molar-refractivity contribution >= 4 is 60.7 Å². The summed E-state index contributed by atoms with van der Waals surface area (Å²) in [4.78, 5) is 4.95. The van der Waals surface area contributed by atoms with Crippen molar-refractivity contribution in [3.05, 3.63) is 83.9 Å². The van der Waals surface area contributed by atoms with Crippen molar-refractivity contribution in [3.63, 3.8) is 0 Å². The Morgan fingerprint density at radius 1 is 0.654 bits per heavy atom. The van der Waals surface area contributed by atoms with Crippen LogP contribution in [0.5, 0.6) is 0 Å². The molecule has 0 fully saturated rings. The van der Waals surface area contributed by atoms with E-state index < -0.39 is 0 Å². The Morgan fingerprint density at radius 3 is 2.23 bits per heavy atom. The van der Waals surface area contributed by atoms with E-state index in [9.17, 15) is 0 Å². The van der Waals surface area contributed by atoms with E-state index in [-0.39, 0.29) is 0 Å². The molecule has 0 amide bonds. The Bertz CT molecular complexity index is 1490. The first kappa shape index (κ1) is 14.1. The molecule has 0 atom stereocenters. The minimum atomic E-state index is 0.733. The summed E-state index contributed by atoms with van der Waals surface area (Å²) >= 11 is 6.35. The molecule has 2 heterocycles. The lowest BCUT2D eigenvalue weighted by molar-refractivity contribution is 1.32. The number of fused-ring (bicyclic) bond motifs is 9. The molecule has 6 rings (SSSR count). The van der Waals surface area contributed by atoms with Gasteiger partial charge in [-0.3, -0.25) is 4.40 Å². The van der Waals surface area contributed by atoms with Gasteiger partial charge < -0.3 is 0 Å². The van der Waals surface area contributed by atoms with Crippen molar-refractivity contribution in [1.82, 2.24) is 9.38 Å². The molecule has 2 aromatic heterocycles. The quantitative estimate of drug-likeness (QED) is 0.222. The Labute approximate surface area is 154 Å². The Morgan fingerprint density at radius 2 is 1.38 bits per heavy atom. The normalized spacial score (nSPS) is 12.0. The van der Waals surface area contributed by atoms with Crippen LogP contribution >= 0.6 is 11.6 Å². The summed E-state index contributed by atoms with van der Waals surface area (Å²) in [6.45, 7) is 0. The maximum Gasteiger partial charge on any atom is 0.146 e. The predicted molar refractivity (Wildman–Crippen MR) is 110 cm³/mol. The summed E-state index contributed by atoms with van der Waals surface area (Å²) in [5.74, 6) is 0. The molecule has 122 valence electrons. The van der Waals surface area contributed by atoms with E-state index in [4.69, 9.17) is 16.6 Å². The molecular formula is C23H13ClN2. The topological polar surface area (TPSA) is 17.3 Å². The number of hydrogen-bond donors (Lipinski definition) is 0. The van der Waals surface area contributed by atoms with Crippen molar-refractivity contribution in [2.45, 2.75) is 0 Å². The third kappa shape index (κ3) is 1.80. The molecule has 4 aromatic carbocycles. The van der Waals surface area contributed by atoms with Crippen LogP contribution < -0.4 is 0 Å². The maximum absolute atomic E-state index is 6.35. The number of aromatic nitrogens is 2. The van der Waals surface area contributed by atoms with Gasteiger partial charge in [-0.2, -0.15) is 0 Å². The Balaban J connectivity index is 2.01. The van der Waals surface area contributed by atoms with Gasteiger partial charge in [-0.05, 0) is 52.6 Å². The number of hydrogen-bond acceptors (Lipinski definition) is 1. The Kier molecular flexibility index (Phi) is 2.69. The summed E-state index contributed by atoms with van der Waals surface area (Å²) in [7, 11) is 0. The molecule has 0 N–H and O–H groups in total. The van der Waals surface area contributed by atoms with Crippen LogP contribution in [0.25, 0.3) is 49.1 Å². The first-order chi connectivity index (χ1) is 12.8. The van der Waals surface area contributed by atoms with Crippen LogP contribution in [0.4, 0.5) is 0 Å². The number of imidazole rings is 1. The highest BCUT2D eigenvalue weighted by atomic mass is 35.5. The van der Waals surface area contributed by atoms with E-state index in [0.717, 1.165) is 32.6 Å². The molecule has 0 aliphatic carbocycles. The zero-order chi connectivity index (χ0) is 17.3. The average Bonchev–Trinajstić information content (AvgIpc) is 3.07. The second kappa shape index (κ2) is 4.96. The van der Waals surface area contributed by atoms with Gasteiger partial charge in [0.05, 0.1) is 16.6 Å². The monoisotopic (exact) mass is 352 g/mol. The molecule has 0 bridgehead atoms. The van der Waals surface area contributed by atoms with Gasteiger partial charge in [0.1, 0.15) is 5.65 Å². The largest absolute Gasteiger partial charge is 0.292 e. The highest BCUT2D eigenvalue weighted by Crippen LogP contribution is 2.35. The van der Waals surface area contributed by atoms with Crippen LogP contribution in [-0.4, -0.2) is 9.38 Å². The minimum Gasteiger partial charge on any atom is -0.292 e. The van der Waals surface area contributed by atoms with E-state index in [1.165, 1.54) is 21.5 Å². The highest BCUT2D eigenvalue weighted by Gasteiger charge is 2.14. The molecule has 0 saturated heterocycles. The fourth-order valence-electron chi connectivity index (χ4n) is 4.02. The lowest BCUT2D eigenvalue weighted by atomic mass is 10.0. The molecule has 0 radical (unpaired) electrons. The molecule has 6 aromatic rings. The van der Waals surface area contributed by atoms with Gasteiger partial charge in [0.25, 0.3) is 0 Å². The first-order valence-electron chi connectivity index (χ1n) is 8.60. The van der Waals surface area contributed by atoms with Gasteiger partial charge in [0, 0.05) is 15.8 Å². The second-order valence-electron chi connectivity index (χ2n) is 6.67. The van der Waals surface area contributed by atoms with Gasteiger partial charge in [0.15, 0.2) is 0 Å². The van der Waals surface area contributed by atoms with Crippen LogP contribution in [0.15, 0.2) is 78.9 Å². The number of halogens is 1. The van der Waals surface area contributed by atoms with Crippen LogP contribution in [-0.2, 0) is 0 Å². The van der Waals surface area contributed by atoms with Gasteiger partial charge in [0.2, 0.25) is 0 Å². The van der Waals surface area contributed by atoms with Crippen LogP contribution in [0, 0.1) is 0 Å². The molecule has 0 aliphatic heterocycles. The third-order valence-corrected chi connectivity index (χ3v) is 5.41. The Hall–Kier alpha value is -3.10. The van der Waals surface area contributed by atoms with Crippen molar-refractivity contribution in [1.29, 1.82) is 0 Å². The van der Waals surface area contributed by atoms with Crippen molar-refractivity contribution < 1.29 is 0 Å². The number of nitrogens with zero attached hydrogens (tertiary/aromatic N) is 2. The lowest BCUT2D eigenvalue weighted by Gasteiger charge is -2.11. The van der Waals surface area contributed by atoms with E-state index >= 15 is 0 Å². The fraction of sp³-hybridized carbons (Fsp3) is 0. The highest BCUT2D eigenvalue weighted by molar-refractivity contribution is 6.31. The summed E-state index contributed by atoms with van der Waals surface area (Å²) in [5, 5.41) is 6.74. The summed E-state index contributed by atoms with van der Waals surface area (Å²) in [6.07, 6.45) is 0. The average molecular weight is 353 g/mol. The molecule has 2 nitrogen and oxygen atoms in total. The van der Waals surface area contributed by atoms with E-state index in [1.54, 1.807) is 0 Å². The third-order valence-electron chi connectivity index (χ3n) is 5.18. The lowest BCUT2D eigenvalue weighted by Crippen LogP contribution is -1.92. The van der Waals surface area contributed by atoms with Crippen molar-refractivity contribution in [2.75, 3.05) is 0 Å². The molecule has 3 heteroatoms. The van der Waals surface area contributed by atoms with E-state index in [1.807, 2.05) is 18.2 Å².